The number of rotatable bonds is 2. The molecule has 2 nitrogen and oxygen atoms in total. The maximum Gasteiger partial charge on any atom is 0.121 e. The Labute approximate surface area is 62.9 Å². The van der Waals surface area contributed by atoms with E-state index in [4.69, 9.17) is 0 Å². The molecule has 8 heavy (non-hydrogen) atoms. The van der Waals surface area contributed by atoms with Gasteiger partial charge in [-0.05, 0) is 13.0 Å². The van der Waals surface area contributed by atoms with Crippen LogP contribution in [-0.4, -0.2) is 12.6 Å². The number of hydrogen-bond donors (Lipinski definition) is 0. The maximum absolute atomic E-state index is 3.77. The van der Waals surface area contributed by atoms with Crippen LogP contribution in [0.15, 0.2) is 20.4 Å². The van der Waals surface area contributed by atoms with E-state index in [-0.39, 0.29) is 0 Å². The second kappa shape index (κ2) is 6.81. The van der Waals surface area contributed by atoms with Crippen molar-refractivity contribution in [2.75, 3.05) is 0 Å². The van der Waals surface area contributed by atoms with Gasteiger partial charge in [0.1, 0.15) is 6.34 Å². The van der Waals surface area contributed by atoms with E-state index in [0.29, 0.717) is 0 Å². The zero-order chi connectivity index (χ0) is 6.24. The molecule has 0 aliphatic heterocycles. The molecule has 0 unspecified atom stereocenters. The van der Waals surface area contributed by atoms with E-state index in [1.54, 1.807) is 6.21 Å². The Hall–Kier alpha value is -0.190. The number of nitrogens with zero attached hydrogens (tertiary/aromatic N) is 2. The molecule has 3 heteroatoms. The van der Waals surface area contributed by atoms with Gasteiger partial charge in [-0.3, -0.25) is 0 Å². The molecule has 0 bridgehead atoms. The molecular weight excluding hydrogens is 215 g/mol. The summed E-state index contributed by atoms with van der Waals surface area (Å²) in [6, 6.07) is 0. The van der Waals surface area contributed by atoms with Crippen molar-refractivity contribution >= 4 is 35.4 Å². The molecule has 0 atom stereocenters. The van der Waals surface area contributed by atoms with E-state index in [9.17, 15) is 0 Å². The second-order valence-corrected chi connectivity index (χ2v) is 1.59. The Kier molecular flexibility index (Phi) is 6.65. The first-order chi connectivity index (χ1) is 3.91. The Morgan fingerprint density at radius 2 is 2.25 bits per heavy atom. The van der Waals surface area contributed by atoms with Gasteiger partial charge in [0.25, 0.3) is 0 Å². The third kappa shape index (κ3) is 5.81. The summed E-state index contributed by atoms with van der Waals surface area (Å²) in [5, 5.41) is 0. The lowest BCUT2D eigenvalue weighted by Crippen LogP contribution is -1.63. The summed E-state index contributed by atoms with van der Waals surface area (Å²) in [5.41, 5.74) is 0. The highest BCUT2D eigenvalue weighted by Gasteiger charge is 1.56. The average Bonchev–Trinajstić information content (AvgIpc) is 1.81. The Morgan fingerprint density at radius 1 is 1.50 bits per heavy atom. The van der Waals surface area contributed by atoms with E-state index in [0.717, 1.165) is 0 Å². The topological polar surface area (TPSA) is 24.7 Å². The van der Waals surface area contributed by atoms with Crippen molar-refractivity contribution in [3.05, 3.63) is 12.2 Å². The highest BCUT2D eigenvalue weighted by Crippen LogP contribution is 1.76. The van der Waals surface area contributed by atoms with Crippen LogP contribution >= 0.6 is 22.9 Å². The zero-order valence-electron chi connectivity index (χ0n) is 4.58. The van der Waals surface area contributed by atoms with Crippen LogP contribution in [0.3, 0.4) is 0 Å². The van der Waals surface area contributed by atoms with Crippen molar-refractivity contribution in [1.29, 1.82) is 0 Å². The smallest absolute Gasteiger partial charge is 0.121 e. The minimum Gasteiger partial charge on any atom is -0.244 e. The fraction of sp³-hybridized carbons (Fsp3) is 0.200. The third-order valence-corrected chi connectivity index (χ3v) is 0.724. The molecule has 0 fully saturated rings. The molecule has 0 saturated carbocycles. The maximum atomic E-state index is 3.77. The highest BCUT2D eigenvalue weighted by atomic mass is 127. The van der Waals surface area contributed by atoms with Crippen molar-refractivity contribution in [3.8, 4) is 0 Å². The van der Waals surface area contributed by atoms with Crippen molar-refractivity contribution in [2.45, 2.75) is 6.92 Å². The van der Waals surface area contributed by atoms with Gasteiger partial charge in [-0.25, -0.2) is 8.20 Å². The lowest BCUT2D eigenvalue weighted by atomic mass is 10.6. The predicted octanol–water partition coefficient (Wildman–Crippen LogP) is 2.01. The summed E-state index contributed by atoms with van der Waals surface area (Å²) in [6.45, 7) is 1.94. The highest BCUT2D eigenvalue weighted by molar-refractivity contribution is 14.1. The van der Waals surface area contributed by atoms with Gasteiger partial charge in [0.2, 0.25) is 0 Å². The largest absolute Gasteiger partial charge is 0.244 e. The molecule has 0 aromatic rings. The van der Waals surface area contributed by atoms with Crippen LogP contribution in [0.5, 0.6) is 0 Å². The summed E-state index contributed by atoms with van der Waals surface area (Å²) in [5.74, 6) is 0. The van der Waals surface area contributed by atoms with Crippen LogP contribution in [-0.2, 0) is 0 Å². The first kappa shape index (κ1) is 7.81. The molecule has 0 rings (SSSR count). The summed E-state index contributed by atoms with van der Waals surface area (Å²) in [4.78, 5) is 3.77. The minimum atomic E-state index is 1.49. The number of aliphatic imine (C=N–C) groups is 1. The van der Waals surface area contributed by atoms with Gasteiger partial charge in [-0.15, -0.1) is 0 Å². The molecule has 0 aliphatic carbocycles. The quantitative estimate of drug-likeness (QED) is 0.388. The van der Waals surface area contributed by atoms with Gasteiger partial charge < -0.3 is 0 Å². The molecule has 0 radical (unpaired) electrons. The molecule has 44 valence electrons. The van der Waals surface area contributed by atoms with Crippen LogP contribution in [0.1, 0.15) is 6.92 Å². The molecule has 0 aliphatic rings. The molecule has 0 N–H and O–H groups in total. The zero-order valence-corrected chi connectivity index (χ0v) is 6.74. The second-order valence-electron chi connectivity index (χ2n) is 1.04. The minimum absolute atomic E-state index is 1.49. The summed E-state index contributed by atoms with van der Waals surface area (Å²) < 4.78 is 3.62. The van der Waals surface area contributed by atoms with Crippen LogP contribution < -0.4 is 0 Å². The van der Waals surface area contributed by atoms with E-state index in [1.165, 1.54) is 6.34 Å². The van der Waals surface area contributed by atoms with Crippen molar-refractivity contribution < 1.29 is 0 Å². The van der Waals surface area contributed by atoms with Crippen LogP contribution in [0.4, 0.5) is 0 Å². The molecular formula is C5H7IN2. The Bertz CT molecular complexity index is 102. The molecule has 0 spiro atoms. The van der Waals surface area contributed by atoms with Gasteiger partial charge in [-0.2, -0.15) is 0 Å². The monoisotopic (exact) mass is 222 g/mol. The van der Waals surface area contributed by atoms with E-state index >= 15 is 0 Å². The molecule has 0 aromatic carbocycles. The number of allylic oxidation sites excluding steroid dienone is 2. The van der Waals surface area contributed by atoms with Crippen molar-refractivity contribution in [1.82, 2.24) is 0 Å². The Balaban J connectivity index is 3.35. The normalized spacial score (nSPS) is 12.8. The van der Waals surface area contributed by atoms with E-state index < -0.39 is 0 Å². The molecule has 0 saturated heterocycles. The van der Waals surface area contributed by atoms with E-state index in [1.807, 2.05) is 41.9 Å². The third-order valence-electron chi connectivity index (χ3n) is 0.475. The summed E-state index contributed by atoms with van der Waals surface area (Å²) in [6.07, 6.45) is 6.92. The summed E-state index contributed by atoms with van der Waals surface area (Å²) in [7, 11) is 0. The van der Waals surface area contributed by atoms with E-state index in [2.05, 4.69) is 8.20 Å². The van der Waals surface area contributed by atoms with Crippen molar-refractivity contribution in [2.24, 2.45) is 8.20 Å². The van der Waals surface area contributed by atoms with Gasteiger partial charge in [0.15, 0.2) is 0 Å². The Morgan fingerprint density at radius 3 is 2.75 bits per heavy atom. The standard InChI is InChI=1S/C5H7IN2/c1-2-3-4-7-5-8-6/h2-5H,1H3/b3-2+,7-4?,8-5?. The first-order valence-electron chi connectivity index (χ1n) is 2.19. The van der Waals surface area contributed by atoms with Gasteiger partial charge >= 0.3 is 0 Å². The van der Waals surface area contributed by atoms with Crippen molar-refractivity contribution in [3.63, 3.8) is 0 Å². The van der Waals surface area contributed by atoms with Crippen LogP contribution in [0.2, 0.25) is 0 Å². The van der Waals surface area contributed by atoms with Crippen LogP contribution in [0.25, 0.3) is 0 Å². The van der Waals surface area contributed by atoms with Gasteiger partial charge in [0.05, 0.1) is 22.9 Å². The SMILES string of the molecule is C/C=C/C=NC=NI. The van der Waals surface area contributed by atoms with Gasteiger partial charge in [-0.1, -0.05) is 6.08 Å². The average molecular weight is 222 g/mol. The first-order valence-corrected chi connectivity index (χ1v) is 3.15. The lowest BCUT2D eigenvalue weighted by Gasteiger charge is -1.67. The number of halogens is 1. The molecule has 0 amide bonds. The molecule has 0 aromatic heterocycles. The fourth-order valence-corrected chi connectivity index (χ4v) is 0.343. The molecule has 0 heterocycles. The predicted molar refractivity (Wildman–Crippen MR) is 45.8 cm³/mol. The van der Waals surface area contributed by atoms with Crippen LogP contribution in [0, 0.1) is 0 Å². The fourth-order valence-electron chi connectivity index (χ4n) is 0.199. The van der Waals surface area contributed by atoms with Gasteiger partial charge in [0, 0.05) is 6.21 Å². The number of hydrogen-bond acceptors (Lipinski definition) is 1. The summed E-state index contributed by atoms with van der Waals surface area (Å²) >= 11 is 1.87. The lowest BCUT2D eigenvalue weighted by molar-refractivity contribution is 1.74.